The van der Waals surface area contributed by atoms with Crippen molar-refractivity contribution in [2.45, 2.75) is 18.6 Å². The zero-order chi connectivity index (χ0) is 23.2. The number of carbonyl (C=O) groups excluding carboxylic acids is 1. The molecule has 0 fully saturated rings. The van der Waals surface area contributed by atoms with Crippen LogP contribution >= 0.6 is 23.4 Å². The maximum atomic E-state index is 13.1. The molecule has 4 rings (SSSR count). The fraction of sp³-hybridized carbons (Fsp3) is 0.208. The van der Waals surface area contributed by atoms with Gasteiger partial charge in [0, 0.05) is 5.02 Å². The number of carbonyl (C=O) groups is 1. The third-order valence-electron chi connectivity index (χ3n) is 4.79. The van der Waals surface area contributed by atoms with E-state index >= 15 is 0 Å². The first-order valence-corrected chi connectivity index (χ1v) is 11.7. The Morgan fingerprint density at radius 3 is 2.88 bits per heavy atom. The number of ether oxygens (including phenoxy) is 1. The summed E-state index contributed by atoms with van der Waals surface area (Å²) in [6.45, 7) is 2.93. The van der Waals surface area contributed by atoms with Crippen molar-refractivity contribution in [3.8, 4) is 5.75 Å². The summed E-state index contributed by atoms with van der Waals surface area (Å²) in [5, 5.41) is 4.18. The number of hydrogen-bond donors (Lipinski definition) is 1. The van der Waals surface area contributed by atoms with Gasteiger partial charge in [-0.05, 0) is 55.0 Å². The average Bonchev–Trinajstić information content (AvgIpc) is 3.31. The lowest BCUT2D eigenvalue weighted by Gasteiger charge is -2.12. The van der Waals surface area contributed by atoms with Crippen LogP contribution in [0.4, 0.5) is 0 Å². The van der Waals surface area contributed by atoms with Crippen LogP contribution in [0.3, 0.4) is 0 Å². The number of nitrogens with one attached hydrogen (secondary N) is 1. The van der Waals surface area contributed by atoms with Crippen LogP contribution < -0.4 is 15.6 Å². The Balaban J connectivity index is 1.42. The average molecular weight is 484 g/mol. The third-order valence-corrected chi connectivity index (χ3v) is 6.00. The van der Waals surface area contributed by atoms with Crippen LogP contribution in [-0.2, 0) is 11.3 Å². The smallest absolute Gasteiger partial charge is 0.262 e. The number of benzene rings is 2. The normalized spacial score (nSPS) is 11.0. The summed E-state index contributed by atoms with van der Waals surface area (Å²) in [4.78, 5) is 30.1. The van der Waals surface area contributed by atoms with Crippen LogP contribution in [0.2, 0.25) is 5.02 Å². The Morgan fingerprint density at radius 1 is 1.21 bits per heavy atom. The molecule has 0 spiro atoms. The minimum Gasteiger partial charge on any atom is -0.492 e. The molecule has 33 heavy (non-hydrogen) atoms. The molecule has 2 heterocycles. The number of thioether (sulfide) groups is 1. The van der Waals surface area contributed by atoms with Crippen molar-refractivity contribution < 1.29 is 13.9 Å². The number of aromatic nitrogens is 2. The quantitative estimate of drug-likeness (QED) is 0.217. The first kappa shape index (κ1) is 22.9. The Bertz CT molecular complexity index is 1320. The van der Waals surface area contributed by atoms with Gasteiger partial charge in [-0.3, -0.25) is 14.2 Å². The zero-order valence-corrected chi connectivity index (χ0v) is 19.5. The molecule has 1 amide bonds. The van der Waals surface area contributed by atoms with Gasteiger partial charge in [0.15, 0.2) is 5.16 Å². The minimum absolute atomic E-state index is 0.0983. The van der Waals surface area contributed by atoms with Crippen LogP contribution in [0.15, 0.2) is 75.2 Å². The Kier molecular flexibility index (Phi) is 7.36. The summed E-state index contributed by atoms with van der Waals surface area (Å²) in [6, 6.07) is 16.2. The monoisotopic (exact) mass is 483 g/mol. The molecule has 1 N–H and O–H groups in total. The second kappa shape index (κ2) is 10.6. The molecule has 0 aliphatic heterocycles. The fourth-order valence-corrected chi connectivity index (χ4v) is 4.22. The molecule has 0 bridgehead atoms. The number of halogens is 1. The summed E-state index contributed by atoms with van der Waals surface area (Å²) >= 11 is 7.27. The van der Waals surface area contributed by atoms with Gasteiger partial charge in [0.05, 0.1) is 36.0 Å². The van der Waals surface area contributed by atoms with Crippen molar-refractivity contribution in [1.82, 2.24) is 14.9 Å². The van der Waals surface area contributed by atoms with Crippen LogP contribution in [0.1, 0.15) is 11.3 Å². The molecule has 0 saturated carbocycles. The number of amides is 1. The van der Waals surface area contributed by atoms with Crippen LogP contribution in [-0.4, -0.2) is 34.4 Å². The van der Waals surface area contributed by atoms with Gasteiger partial charge in [0.1, 0.15) is 18.1 Å². The van der Waals surface area contributed by atoms with Gasteiger partial charge in [0.2, 0.25) is 5.91 Å². The second-order valence-electron chi connectivity index (χ2n) is 7.33. The summed E-state index contributed by atoms with van der Waals surface area (Å²) < 4.78 is 12.6. The molecule has 7 nitrogen and oxygen atoms in total. The molecular weight excluding hydrogens is 462 g/mol. The molecule has 0 atom stereocenters. The summed E-state index contributed by atoms with van der Waals surface area (Å²) in [6.07, 6.45) is 1.55. The van der Waals surface area contributed by atoms with E-state index in [9.17, 15) is 9.59 Å². The van der Waals surface area contributed by atoms with Crippen LogP contribution in [0.25, 0.3) is 10.9 Å². The summed E-state index contributed by atoms with van der Waals surface area (Å²) in [5.41, 5.74) is 1.37. The molecule has 0 saturated heterocycles. The van der Waals surface area contributed by atoms with E-state index in [1.807, 2.05) is 31.2 Å². The van der Waals surface area contributed by atoms with Gasteiger partial charge in [0.25, 0.3) is 5.56 Å². The summed E-state index contributed by atoms with van der Waals surface area (Å²) in [5.74, 6) is 1.30. The molecule has 170 valence electrons. The third kappa shape index (κ3) is 5.97. The lowest BCUT2D eigenvalue weighted by atomic mass is 10.2. The molecule has 0 radical (unpaired) electrons. The summed E-state index contributed by atoms with van der Waals surface area (Å²) in [7, 11) is 0. The molecule has 9 heteroatoms. The Labute approximate surface area is 199 Å². The largest absolute Gasteiger partial charge is 0.492 e. The van der Waals surface area contributed by atoms with Crippen molar-refractivity contribution in [3.05, 3.63) is 87.6 Å². The van der Waals surface area contributed by atoms with Crippen molar-refractivity contribution in [2.75, 3.05) is 18.9 Å². The second-order valence-corrected chi connectivity index (χ2v) is 8.71. The highest BCUT2D eigenvalue weighted by Gasteiger charge is 2.15. The highest BCUT2D eigenvalue weighted by atomic mass is 35.5. The van der Waals surface area contributed by atoms with E-state index in [0.29, 0.717) is 40.0 Å². The minimum atomic E-state index is -0.220. The molecule has 2 aromatic carbocycles. The van der Waals surface area contributed by atoms with Gasteiger partial charge in [-0.1, -0.05) is 35.5 Å². The predicted octanol–water partition coefficient (Wildman–Crippen LogP) is 4.29. The SMILES string of the molecule is Cc1cccc(OCCNC(=O)CSc2nc3cc(Cl)ccc3c(=O)n2Cc2ccco2)c1. The molecule has 0 aliphatic carbocycles. The molecular formula is C24H22ClN3O4S. The highest BCUT2D eigenvalue weighted by molar-refractivity contribution is 7.99. The van der Waals surface area contributed by atoms with Crippen molar-refractivity contribution in [2.24, 2.45) is 0 Å². The topological polar surface area (TPSA) is 86.4 Å². The lowest BCUT2D eigenvalue weighted by molar-refractivity contribution is -0.118. The van der Waals surface area contributed by atoms with E-state index in [0.717, 1.165) is 11.3 Å². The van der Waals surface area contributed by atoms with Crippen molar-refractivity contribution in [1.29, 1.82) is 0 Å². The number of fused-ring (bicyclic) bond motifs is 1. The lowest BCUT2D eigenvalue weighted by Crippen LogP contribution is -2.30. The van der Waals surface area contributed by atoms with Gasteiger partial charge in [-0.25, -0.2) is 4.98 Å². The first-order valence-electron chi connectivity index (χ1n) is 10.3. The van der Waals surface area contributed by atoms with Gasteiger partial charge in [-0.15, -0.1) is 0 Å². The molecule has 0 aliphatic rings. The number of aryl methyl sites for hydroxylation is 1. The number of hydrogen-bond acceptors (Lipinski definition) is 6. The van der Waals surface area contributed by atoms with Crippen LogP contribution in [0, 0.1) is 6.92 Å². The highest BCUT2D eigenvalue weighted by Crippen LogP contribution is 2.21. The van der Waals surface area contributed by atoms with E-state index in [1.54, 1.807) is 36.6 Å². The number of rotatable bonds is 9. The van der Waals surface area contributed by atoms with E-state index in [1.165, 1.54) is 16.3 Å². The Morgan fingerprint density at radius 2 is 2.09 bits per heavy atom. The zero-order valence-electron chi connectivity index (χ0n) is 17.9. The first-order chi connectivity index (χ1) is 16.0. The van der Waals surface area contributed by atoms with Gasteiger partial charge in [-0.2, -0.15) is 0 Å². The van der Waals surface area contributed by atoms with E-state index < -0.39 is 0 Å². The van der Waals surface area contributed by atoms with E-state index in [4.69, 9.17) is 20.8 Å². The van der Waals surface area contributed by atoms with Gasteiger partial charge < -0.3 is 14.5 Å². The molecule has 4 aromatic rings. The maximum absolute atomic E-state index is 13.1. The Hall–Kier alpha value is -3.23. The maximum Gasteiger partial charge on any atom is 0.262 e. The van der Waals surface area contributed by atoms with Gasteiger partial charge >= 0.3 is 0 Å². The standard InChI is InChI=1S/C24H22ClN3O4S/c1-16-4-2-5-18(12-16)32-11-9-26-22(29)15-33-24-27-21-13-17(25)7-8-20(21)23(30)28(24)14-19-6-3-10-31-19/h2-8,10,12-13H,9,11,14-15H2,1H3,(H,26,29). The fourth-order valence-electron chi connectivity index (χ4n) is 3.23. The molecule has 2 aromatic heterocycles. The predicted molar refractivity (Wildman–Crippen MR) is 129 cm³/mol. The van der Waals surface area contributed by atoms with Crippen molar-refractivity contribution in [3.63, 3.8) is 0 Å². The number of furan rings is 1. The van der Waals surface area contributed by atoms with E-state index in [2.05, 4.69) is 10.3 Å². The van der Waals surface area contributed by atoms with Crippen molar-refractivity contribution >= 4 is 40.2 Å². The van der Waals surface area contributed by atoms with E-state index in [-0.39, 0.29) is 23.8 Å². The molecule has 0 unspecified atom stereocenters. The number of nitrogens with zero attached hydrogens (tertiary/aromatic N) is 2. The van der Waals surface area contributed by atoms with Crippen LogP contribution in [0.5, 0.6) is 5.75 Å².